The fraction of sp³-hybridized carbons (Fsp3) is 0.211. The molecule has 8 heteroatoms. The summed E-state index contributed by atoms with van der Waals surface area (Å²) >= 11 is 0. The van der Waals surface area contributed by atoms with E-state index in [-0.39, 0.29) is 28.1 Å². The number of halogens is 2. The number of fused-ring (bicyclic) bond motifs is 1. The van der Waals surface area contributed by atoms with Crippen molar-refractivity contribution in [1.82, 2.24) is 9.97 Å². The number of unbranched alkanes of at least 4 members (excludes halogenated alkanes) is 1. The molecule has 0 amide bonds. The molecule has 0 bridgehead atoms. The van der Waals surface area contributed by atoms with Crippen LogP contribution in [0, 0.1) is 23.0 Å². The lowest BCUT2D eigenvalue weighted by atomic mass is 10.1. The van der Waals surface area contributed by atoms with Gasteiger partial charge in [-0.15, -0.1) is 0 Å². The van der Waals surface area contributed by atoms with Gasteiger partial charge in [-0.25, -0.2) is 13.8 Å². The van der Waals surface area contributed by atoms with Crippen molar-refractivity contribution in [3.05, 3.63) is 58.0 Å². The van der Waals surface area contributed by atoms with Gasteiger partial charge >= 0.3 is 0 Å². The van der Waals surface area contributed by atoms with Gasteiger partial charge in [-0.05, 0) is 30.7 Å². The van der Waals surface area contributed by atoms with E-state index in [2.05, 4.69) is 20.6 Å². The molecular weight excluding hydrogens is 352 g/mol. The molecule has 6 nitrogen and oxygen atoms in total. The van der Waals surface area contributed by atoms with Crippen molar-refractivity contribution >= 4 is 28.1 Å². The maximum absolute atomic E-state index is 14.7. The number of hydrogen-bond donors (Lipinski definition) is 3. The molecule has 0 aliphatic rings. The highest BCUT2D eigenvalue weighted by Gasteiger charge is 2.17. The first-order valence-corrected chi connectivity index (χ1v) is 8.46. The molecule has 27 heavy (non-hydrogen) atoms. The third-order valence-electron chi connectivity index (χ3n) is 4.06. The number of nitrogens with one attached hydrogen (secondary N) is 3. The van der Waals surface area contributed by atoms with E-state index < -0.39 is 17.2 Å². The van der Waals surface area contributed by atoms with Crippen LogP contribution in [0.25, 0.3) is 11.0 Å². The summed E-state index contributed by atoms with van der Waals surface area (Å²) in [5.41, 5.74) is 0.120. The van der Waals surface area contributed by atoms with Crippen LogP contribution in [0.1, 0.15) is 25.3 Å². The molecule has 3 aromatic rings. The maximum Gasteiger partial charge on any atom is 0.266 e. The summed E-state index contributed by atoms with van der Waals surface area (Å²) in [4.78, 5) is 18.0. The molecule has 0 spiro atoms. The summed E-state index contributed by atoms with van der Waals surface area (Å²) in [7, 11) is 0. The predicted molar refractivity (Wildman–Crippen MR) is 100 cm³/mol. The minimum absolute atomic E-state index is 0.0424. The first kappa shape index (κ1) is 18.3. The van der Waals surface area contributed by atoms with Crippen molar-refractivity contribution in [3.8, 4) is 6.07 Å². The summed E-state index contributed by atoms with van der Waals surface area (Å²) in [6.45, 7) is 2.57. The highest BCUT2D eigenvalue weighted by atomic mass is 19.1. The monoisotopic (exact) mass is 369 g/mol. The number of aromatic amines is 1. The van der Waals surface area contributed by atoms with Gasteiger partial charge in [0, 0.05) is 6.54 Å². The third kappa shape index (κ3) is 3.72. The van der Waals surface area contributed by atoms with Crippen LogP contribution in [0.3, 0.4) is 0 Å². The second-order valence-electron chi connectivity index (χ2n) is 5.93. The Hall–Kier alpha value is -3.47. The van der Waals surface area contributed by atoms with E-state index in [9.17, 15) is 18.8 Å². The van der Waals surface area contributed by atoms with Crippen LogP contribution in [0.2, 0.25) is 0 Å². The lowest BCUT2D eigenvalue weighted by Crippen LogP contribution is -2.09. The van der Waals surface area contributed by atoms with Gasteiger partial charge in [-0.2, -0.15) is 5.26 Å². The van der Waals surface area contributed by atoms with Crippen LogP contribution in [0.4, 0.5) is 25.8 Å². The smallest absolute Gasteiger partial charge is 0.266 e. The van der Waals surface area contributed by atoms with Crippen molar-refractivity contribution in [2.24, 2.45) is 0 Å². The van der Waals surface area contributed by atoms with E-state index in [1.807, 2.05) is 13.0 Å². The van der Waals surface area contributed by atoms with E-state index in [1.54, 1.807) is 6.07 Å². The fourth-order valence-electron chi connectivity index (χ4n) is 2.67. The zero-order valence-electron chi connectivity index (χ0n) is 14.6. The van der Waals surface area contributed by atoms with E-state index in [0.717, 1.165) is 25.1 Å². The number of anilines is 3. The lowest BCUT2D eigenvalue weighted by molar-refractivity contribution is 0.592. The average Bonchev–Trinajstić information content (AvgIpc) is 2.66. The van der Waals surface area contributed by atoms with Crippen molar-refractivity contribution in [2.45, 2.75) is 19.8 Å². The van der Waals surface area contributed by atoms with Gasteiger partial charge in [0.25, 0.3) is 5.56 Å². The number of H-pyrrole nitrogens is 1. The SMILES string of the molecule is CCCCNc1ccc(F)c(Nc2ccc3ncc(=O)[nH]c3c2C#N)c1F. The second-order valence-corrected chi connectivity index (χ2v) is 5.93. The third-order valence-corrected chi connectivity index (χ3v) is 4.06. The highest BCUT2D eigenvalue weighted by Crippen LogP contribution is 2.31. The van der Waals surface area contributed by atoms with Crippen LogP contribution in [-0.4, -0.2) is 16.5 Å². The van der Waals surface area contributed by atoms with Gasteiger partial charge in [0.05, 0.1) is 28.6 Å². The lowest BCUT2D eigenvalue weighted by Gasteiger charge is -2.14. The summed E-state index contributed by atoms with van der Waals surface area (Å²) < 4.78 is 29.0. The van der Waals surface area contributed by atoms with Crippen LogP contribution in [-0.2, 0) is 0 Å². The van der Waals surface area contributed by atoms with Gasteiger partial charge < -0.3 is 15.6 Å². The van der Waals surface area contributed by atoms with Gasteiger partial charge in [0.1, 0.15) is 23.1 Å². The number of rotatable bonds is 6. The van der Waals surface area contributed by atoms with E-state index in [0.29, 0.717) is 12.1 Å². The molecule has 0 fully saturated rings. The van der Waals surface area contributed by atoms with Gasteiger partial charge in [-0.3, -0.25) is 4.79 Å². The molecule has 0 aliphatic carbocycles. The Bertz CT molecular complexity index is 1090. The molecule has 138 valence electrons. The van der Waals surface area contributed by atoms with Gasteiger partial charge in [0.2, 0.25) is 0 Å². The fourth-order valence-corrected chi connectivity index (χ4v) is 2.67. The Morgan fingerprint density at radius 3 is 2.74 bits per heavy atom. The normalized spacial score (nSPS) is 10.6. The summed E-state index contributed by atoms with van der Waals surface area (Å²) in [5.74, 6) is -1.58. The standard InChI is InChI=1S/C19H17F2N5O/c1-2-3-8-23-14-5-4-12(20)19(17(14)21)25-13-6-7-15-18(11(13)9-22)26-16(27)10-24-15/h4-7,10,23,25H,2-3,8H2,1H3,(H,26,27). The Labute approximate surface area is 153 Å². The minimum Gasteiger partial charge on any atom is -0.383 e. The molecule has 2 aromatic carbocycles. The zero-order chi connectivity index (χ0) is 19.4. The summed E-state index contributed by atoms with van der Waals surface area (Å²) in [6, 6.07) is 7.47. The molecule has 0 atom stereocenters. The summed E-state index contributed by atoms with van der Waals surface area (Å²) in [6.07, 6.45) is 2.89. The Kier molecular flexibility index (Phi) is 5.31. The maximum atomic E-state index is 14.7. The minimum atomic E-state index is -0.794. The van der Waals surface area contributed by atoms with Crippen LogP contribution < -0.4 is 16.2 Å². The molecule has 0 saturated carbocycles. The highest BCUT2D eigenvalue weighted by molar-refractivity contribution is 5.88. The van der Waals surface area contributed by atoms with E-state index in [4.69, 9.17) is 0 Å². The van der Waals surface area contributed by atoms with Crippen LogP contribution in [0.5, 0.6) is 0 Å². The topological polar surface area (TPSA) is 93.6 Å². The van der Waals surface area contributed by atoms with E-state index in [1.165, 1.54) is 12.1 Å². The van der Waals surface area contributed by atoms with Crippen LogP contribution in [0.15, 0.2) is 35.3 Å². The Balaban J connectivity index is 2.04. The zero-order valence-corrected chi connectivity index (χ0v) is 14.6. The quantitative estimate of drug-likeness (QED) is 0.571. The molecular formula is C19H17F2N5O. The van der Waals surface area contributed by atoms with Crippen LogP contribution >= 0.6 is 0 Å². The van der Waals surface area contributed by atoms with Crippen molar-refractivity contribution in [2.75, 3.05) is 17.2 Å². The van der Waals surface area contributed by atoms with Gasteiger partial charge in [0.15, 0.2) is 5.82 Å². The van der Waals surface area contributed by atoms with Gasteiger partial charge in [-0.1, -0.05) is 13.3 Å². The molecule has 1 heterocycles. The molecule has 3 rings (SSSR count). The molecule has 0 unspecified atom stereocenters. The number of aromatic nitrogens is 2. The molecule has 1 aromatic heterocycles. The number of hydrogen-bond acceptors (Lipinski definition) is 5. The number of nitrogens with zero attached hydrogens (tertiary/aromatic N) is 2. The largest absolute Gasteiger partial charge is 0.383 e. The van der Waals surface area contributed by atoms with Crippen molar-refractivity contribution in [3.63, 3.8) is 0 Å². The number of nitriles is 1. The second kappa shape index (κ2) is 7.83. The first-order chi connectivity index (χ1) is 13.0. The first-order valence-electron chi connectivity index (χ1n) is 8.46. The Morgan fingerprint density at radius 2 is 2.00 bits per heavy atom. The molecule has 0 aliphatic heterocycles. The van der Waals surface area contributed by atoms with E-state index >= 15 is 0 Å². The summed E-state index contributed by atoms with van der Waals surface area (Å²) in [5, 5.41) is 15.1. The Morgan fingerprint density at radius 1 is 1.22 bits per heavy atom. The molecule has 0 radical (unpaired) electrons. The molecule has 3 N–H and O–H groups in total. The predicted octanol–water partition coefficient (Wildman–Crippen LogP) is 4.03. The molecule has 0 saturated heterocycles. The number of benzene rings is 2. The van der Waals surface area contributed by atoms with Crippen molar-refractivity contribution < 1.29 is 8.78 Å². The average molecular weight is 369 g/mol. The van der Waals surface area contributed by atoms with Crippen molar-refractivity contribution in [1.29, 1.82) is 5.26 Å².